The molecule has 0 radical (unpaired) electrons. The summed E-state index contributed by atoms with van der Waals surface area (Å²) < 4.78 is 7.29. The monoisotopic (exact) mass is 407 g/mol. The first-order valence-electron chi connectivity index (χ1n) is 10.1. The lowest BCUT2D eigenvalue weighted by Gasteiger charge is -2.07. The van der Waals surface area contributed by atoms with E-state index in [0.717, 1.165) is 39.8 Å². The van der Waals surface area contributed by atoms with Gasteiger partial charge in [-0.15, -0.1) is 11.3 Å². The summed E-state index contributed by atoms with van der Waals surface area (Å²) in [5.74, 6) is 1.54. The third kappa shape index (κ3) is 5.04. The Hall–Kier alpha value is -2.66. The average Bonchev–Trinajstić information content (AvgIpc) is 3.47. The van der Waals surface area contributed by atoms with Crippen LogP contribution in [0.2, 0.25) is 0 Å². The third-order valence-electron chi connectivity index (χ3n) is 5.26. The van der Waals surface area contributed by atoms with Crippen molar-refractivity contribution >= 4 is 17.1 Å². The number of rotatable bonds is 9. The van der Waals surface area contributed by atoms with Crippen LogP contribution in [0.3, 0.4) is 0 Å². The number of aromatic nitrogens is 1. The summed E-state index contributed by atoms with van der Waals surface area (Å²) in [6.07, 6.45) is 6.58. The van der Waals surface area contributed by atoms with Gasteiger partial charge >= 0.3 is 0 Å². The van der Waals surface area contributed by atoms with Gasteiger partial charge in [0.25, 0.3) is 5.56 Å². The first kappa shape index (κ1) is 19.6. The number of carbonyl (C=O) groups is 1. The second-order valence-electron chi connectivity index (χ2n) is 7.66. The maximum atomic E-state index is 12.7. The highest BCUT2D eigenvalue weighted by atomic mass is 32.1. The molecular formula is C24H25NO3S. The summed E-state index contributed by atoms with van der Waals surface area (Å²) in [4.78, 5) is 26.0. The summed E-state index contributed by atoms with van der Waals surface area (Å²) in [6.45, 7) is 2.59. The number of pyridine rings is 1. The molecule has 0 unspecified atom stereocenters. The van der Waals surface area contributed by atoms with Crippen molar-refractivity contribution in [1.29, 1.82) is 0 Å². The van der Waals surface area contributed by atoms with E-state index >= 15 is 0 Å². The highest BCUT2D eigenvalue weighted by Gasteiger charge is 2.20. The molecule has 3 aromatic rings. The molecule has 1 saturated carbocycles. The van der Waals surface area contributed by atoms with Gasteiger partial charge in [0.05, 0.1) is 11.5 Å². The fourth-order valence-electron chi connectivity index (χ4n) is 3.36. The predicted molar refractivity (Wildman–Crippen MR) is 117 cm³/mol. The average molecular weight is 408 g/mol. The van der Waals surface area contributed by atoms with E-state index < -0.39 is 0 Å². The molecule has 1 aliphatic carbocycles. The second kappa shape index (κ2) is 8.78. The number of Topliss-reactive ketones (excluding diaryl/α,β-unsaturated/α-hetero) is 1. The number of benzene rings is 1. The fourth-order valence-corrected chi connectivity index (χ4v) is 4.49. The Balaban J connectivity index is 1.43. The minimum Gasteiger partial charge on any atom is -0.493 e. The van der Waals surface area contributed by atoms with Gasteiger partial charge < -0.3 is 4.74 Å². The molecule has 1 fully saturated rings. The van der Waals surface area contributed by atoms with Crippen LogP contribution in [0.4, 0.5) is 0 Å². The zero-order valence-electron chi connectivity index (χ0n) is 16.6. The number of ether oxygens (including phenoxy) is 1. The fraction of sp³-hybridized carbons (Fsp3) is 0.333. The van der Waals surface area contributed by atoms with E-state index in [1.807, 2.05) is 49.4 Å². The number of hydrogen-bond donors (Lipinski definition) is 0. The molecule has 5 heteroatoms. The SMILES string of the molecule is Cc1cc(-n2ccc(OCCC3CC3)cc2=O)sc1C(=O)CCc1ccccc1. The van der Waals surface area contributed by atoms with Crippen LogP contribution in [-0.2, 0) is 6.42 Å². The zero-order chi connectivity index (χ0) is 20.2. The van der Waals surface area contributed by atoms with Gasteiger partial charge in [0, 0.05) is 18.7 Å². The first-order valence-corrected chi connectivity index (χ1v) is 11.0. The van der Waals surface area contributed by atoms with E-state index in [0.29, 0.717) is 18.8 Å². The topological polar surface area (TPSA) is 48.3 Å². The largest absolute Gasteiger partial charge is 0.493 e. The van der Waals surface area contributed by atoms with Crippen molar-refractivity contribution in [3.05, 3.63) is 81.1 Å². The molecule has 0 amide bonds. The summed E-state index contributed by atoms with van der Waals surface area (Å²) in [5.41, 5.74) is 1.93. The number of aryl methyl sites for hydroxylation is 2. The predicted octanol–water partition coefficient (Wildman–Crippen LogP) is 5.20. The maximum Gasteiger partial charge on any atom is 0.259 e. The number of nitrogens with zero attached hydrogens (tertiary/aromatic N) is 1. The number of carbonyl (C=O) groups excluding carboxylic acids is 1. The van der Waals surface area contributed by atoms with Gasteiger partial charge in [-0.05, 0) is 48.9 Å². The van der Waals surface area contributed by atoms with Crippen molar-refractivity contribution in [2.24, 2.45) is 5.92 Å². The maximum absolute atomic E-state index is 12.7. The van der Waals surface area contributed by atoms with Crippen LogP contribution in [0.25, 0.3) is 5.00 Å². The van der Waals surface area contributed by atoms with E-state index in [9.17, 15) is 9.59 Å². The van der Waals surface area contributed by atoms with E-state index in [-0.39, 0.29) is 11.3 Å². The lowest BCUT2D eigenvalue weighted by Crippen LogP contribution is -2.16. The molecule has 2 aromatic heterocycles. The lowest BCUT2D eigenvalue weighted by atomic mass is 10.1. The van der Waals surface area contributed by atoms with Crippen LogP contribution in [0.1, 0.15) is 46.5 Å². The van der Waals surface area contributed by atoms with E-state index in [4.69, 9.17) is 4.74 Å². The number of hydrogen-bond acceptors (Lipinski definition) is 4. The van der Waals surface area contributed by atoms with E-state index in [1.165, 1.54) is 30.2 Å². The minimum atomic E-state index is -0.140. The van der Waals surface area contributed by atoms with Gasteiger partial charge in [-0.3, -0.25) is 14.2 Å². The van der Waals surface area contributed by atoms with Gasteiger partial charge in [-0.25, -0.2) is 0 Å². The van der Waals surface area contributed by atoms with Crippen LogP contribution in [0, 0.1) is 12.8 Å². The van der Waals surface area contributed by atoms with Crippen molar-refractivity contribution in [3.8, 4) is 10.8 Å². The van der Waals surface area contributed by atoms with E-state index in [1.54, 1.807) is 10.8 Å². The Morgan fingerprint density at radius 1 is 1.17 bits per heavy atom. The molecule has 0 N–H and O–H groups in total. The lowest BCUT2D eigenvalue weighted by molar-refractivity contribution is 0.0986. The molecule has 4 nitrogen and oxygen atoms in total. The van der Waals surface area contributed by atoms with Crippen LogP contribution in [0.5, 0.6) is 5.75 Å². The van der Waals surface area contributed by atoms with Crippen molar-refractivity contribution in [1.82, 2.24) is 4.57 Å². The van der Waals surface area contributed by atoms with Crippen molar-refractivity contribution in [2.75, 3.05) is 6.61 Å². The Bertz CT molecular complexity index is 1050. The quantitative estimate of drug-likeness (QED) is 0.458. The molecule has 0 saturated heterocycles. The van der Waals surface area contributed by atoms with Crippen molar-refractivity contribution < 1.29 is 9.53 Å². The van der Waals surface area contributed by atoms with Crippen LogP contribution < -0.4 is 10.3 Å². The van der Waals surface area contributed by atoms with Crippen LogP contribution in [-0.4, -0.2) is 17.0 Å². The van der Waals surface area contributed by atoms with Gasteiger partial charge in [0.2, 0.25) is 0 Å². The molecule has 0 aliphatic heterocycles. The normalized spacial score (nSPS) is 13.4. The highest BCUT2D eigenvalue weighted by molar-refractivity contribution is 7.16. The van der Waals surface area contributed by atoms with E-state index in [2.05, 4.69) is 0 Å². The minimum absolute atomic E-state index is 0.121. The summed E-state index contributed by atoms with van der Waals surface area (Å²) in [5, 5.41) is 0.764. The molecule has 1 aromatic carbocycles. The zero-order valence-corrected chi connectivity index (χ0v) is 17.4. The Labute approximate surface area is 174 Å². The molecule has 0 spiro atoms. The molecule has 29 heavy (non-hydrogen) atoms. The Morgan fingerprint density at radius 3 is 2.69 bits per heavy atom. The molecule has 150 valence electrons. The number of ketones is 1. The molecule has 2 heterocycles. The summed E-state index contributed by atoms with van der Waals surface area (Å²) >= 11 is 1.38. The van der Waals surface area contributed by atoms with Gasteiger partial charge in [0.15, 0.2) is 5.78 Å². The van der Waals surface area contributed by atoms with Crippen LogP contribution >= 0.6 is 11.3 Å². The summed E-state index contributed by atoms with van der Waals surface area (Å²) in [7, 11) is 0. The molecule has 4 rings (SSSR count). The summed E-state index contributed by atoms with van der Waals surface area (Å²) in [6, 6.07) is 15.3. The van der Waals surface area contributed by atoms with Crippen molar-refractivity contribution in [2.45, 2.75) is 39.0 Å². The highest BCUT2D eigenvalue weighted by Crippen LogP contribution is 2.32. The van der Waals surface area contributed by atoms with Crippen LogP contribution in [0.15, 0.2) is 59.5 Å². The van der Waals surface area contributed by atoms with Gasteiger partial charge in [0.1, 0.15) is 10.8 Å². The number of thiophene rings is 1. The third-order valence-corrected chi connectivity index (χ3v) is 6.54. The molecule has 1 aliphatic rings. The smallest absolute Gasteiger partial charge is 0.259 e. The molecule has 0 bridgehead atoms. The molecular weight excluding hydrogens is 382 g/mol. The standard InChI is InChI=1S/C24H25NO3S/c1-17-15-23(29-24(17)21(26)10-9-18-5-3-2-4-6-18)25-13-11-20(16-22(25)27)28-14-12-19-7-8-19/h2-6,11,13,15-16,19H,7-10,12,14H2,1H3. The second-order valence-corrected chi connectivity index (χ2v) is 8.69. The van der Waals surface area contributed by atoms with Gasteiger partial charge in [-0.2, -0.15) is 0 Å². The Morgan fingerprint density at radius 2 is 1.97 bits per heavy atom. The Kier molecular flexibility index (Phi) is 5.95. The van der Waals surface area contributed by atoms with Gasteiger partial charge in [-0.1, -0.05) is 43.2 Å². The molecule has 0 atom stereocenters. The first-order chi connectivity index (χ1) is 14.1. The van der Waals surface area contributed by atoms with Crippen molar-refractivity contribution in [3.63, 3.8) is 0 Å².